The molecule has 0 aliphatic carbocycles. The molecule has 5 heteroatoms. The third-order valence-electron chi connectivity index (χ3n) is 3.04. The van der Waals surface area contributed by atoms with Crippen molar-refractivity contribution < 1.29 is 9.59 Å². The van der Waals surface area contributed by atoms with Gasteiger partial charge in [-0.15, -0.1) is 12.8 Å². The van der Waals surface area contributed by atoms with Crippen molar-refractivity contribution in [2.45, 2.75) is 26.4 Å². The molecular formula is C17H25N3O2. The smallest absolute Gasteiger partial charge is 0.244 e. The minimum Gasteiger partial charge on any atom is -0.373 e. The number of carbonyl (C=O) groups is 2. The molecule has 0 aliphatic rings. The molecule has 0 heterocycles. The van der Waals surface area contributed by atoms with Crippen molar-refractivity contribution in [2.75, 3.05) is 19.4 Å². The van der Waals surface area contributed by atoms with E-state index in [2.05, 4.69) is 23.5 Å². The Kier molecular flexibility index (Phi) is 9.12. The van der Waals surface area contributed by atoms with E-state index in [1.807, 2.05) is 38.1 Å². The average Bonchev–Trinajstić information content (AvgIpc) is 2.52. The summed E-state index contributed by atoms with van der Waals surface area (Å²) in [5.41, 5.74) is 1.91. The predicted octanol–water partition coefficient (Wildman–Crippen LogP) is 1.71. The van der Waals surface area contributed by atoms with Crippen molar-refractivity contribution in [1.82, 2.24) is 10.2 Å². The summed E-state index contributed by atoms with van der Waals surface area (Å²) in [6.07, 6.45) is 8.68. The predicted molar refractivity (Wildman–Crippen MR) is 90.2 cm³/mol. The number of hydrogen-bond donors (Lipinski definition) is 2. The fraction of sp³-hybridized carbons (Fsp3) is 0.412. The number of hydrogen-bond acceptors (Lipinski definition) is 3. The Hall–Kier alpha value is -2.48. The maximum absolute atomic E-state index is 12.1. The van der Waals surface area contributed by atoms with Crippen LogP contribution in [0.4, 0.5) is 5.69 Å². The van der Waals surface area contributed by atoms with Crippen LogP contribution in [0.15, 0.2) is 24.3 Å². The fourth-order valence-corrected chi connectivity index (χ4v) is 1.85. The molecule has 1 atom stereocenters. The lowest BCUT2D eigenvalue weighted by Gasteiger charge is -2.25. The third kappa shape index (κ3) is 6.31. The first-order valence-corrected chi connectivity index (χ1v) is 7.02. The molecule has 22 heavy (non-hydrogen) atoms. The van der Waals surface area contributed by atoms with Crippen molar-refractivity contribution in [3.63, 3.8) is 0 Å². The third-order valence-corrected chi connectivity index (χ3v) is 3.04. The molecule has 0 radical (unpaired) electrons. The normalized spacial score (nSPS) is 10.9. The Morgan fingerprint density at radius 1 is 1.23 bits per heavy atom. The molecule has 2 N–H and O–H groups in total. The molecule has 120 valence electrons. The molecule has 0 aliphatic heterocycles. The fourth-order valence-electron chi connectivity index (χ4n) is 1.85. The highest BCUT2D eigenvalue weighted by Crippen LogP contribution is 2.15. The second kappa shape index (κ2) is 10.3. The summed E-state index contributed by atoms with van der Waals surface area (Å²) < 4.78 is 0. The molecule has 2 amide bonds. The number of anilines is 1. The van der Waals surface area contributed by atoms with Gasteiger partial charge in [-0.25, -0.2) is 0 Å². The lowest BCUT2D eigenvalue weighted by atomic mass is 10.0. The van der Waals surface area contributed by atoms with Crippen LogP contribution >= 0.6 is 0 Å². The monoisotopic (exact) mass is 303 g/mol. The van der Waals surface area contributed by atoms with Crippen LogP contribution < -0.4 is 10.6 Å². The lowest BCUT2D eigenvalue weighted by Crippen LogP contribution is -2.42. The molecule has 0 aromatic heterocycles. The van der Waals surface area contributed by atoms with E-state index in [0.29, 0.717) is 13.0 Å². The summed E-state index contributed by atoms with van der Waals surface area (Å²) in [6.45, 7) is 4.54. The van der Waals surface area contributed by atoms with E-state index < -0.39 is 0 Å². The van der Waals surface area contributed by atoms with Crippen LogP contribution in [0.2, 0.25) is 0 Å². The molecular weight excluding hydrogens is 278 g/mol. The molecule has 1 aromatic rings. The number of benzene rings is 1. The molecule has 1 rings (SSSR count). The van der Waals surface area contributed by atoms with Crippen LogP contribution in [0.5, 0.6) is 0 Å². The Morgan fingerprint density at radius 2 is 1.77 bits per heavy atom. The molecule has 5 nitrogen and oxygen atoms in total. The van der Waals surface area contributed by atoms with E-state index in [9.17, 15) is 9.59 Å². The molecule has 0 fully saturated rings. The molecule has 0 saturated carbocycles. The average molecular weight is 303 g/mol. The van der Waals surface area contributed by atoms with Gasteiger partial charge in [0, 0.05) is 26.3 Å². The van der Waals surface area contributed by atoms with Crippen LogP contribution in [0.1, 0.15) is 19.4 Å². The lowest BCUT2D eigenvalue weighted by molar-refractivity contribution is -0.130. The van der Waals surface area contributed by atoms with Gasteiger partial charge in [0.15, 0.2) is 0 Å². The zero-order valence-corrected chi connectivity index (χ0v) is 13.7. The van der Waals surface area contributed by atoms with E-state index in [0.717, 1.165) is 11.3 Å². The zero-order chi connectivity index (χ0) is 17.1. The number of rotatable bonds is 7. The summed E-state index contributed by atoms with van der Waals surface area (Å²) >= 11 is 0. The second-order valence-electron chi connectivity index (χ2n) is 5.29. The van der Waals surface area contributed by atoms with Gasteiger partial charge in [0.05, 0.1) is 0 Å². The van der Waals surface area contributed by atoms with Gasteiger partial charge >= 0.3 is 0 Å². The van der Waals surface area contributed by atoms with Crippen LogP contribution in [0, 0.1) is 18.8 Å². The topological polar surface area (TPSA) is 61.4 Å². The maximum Gasteiger partial charge on any atom is 0.244 e. The van der Waals surface area contributed by atoms with Crippen LogP contribution in [0.3, 0.4) is 0 Å². The minimum absolute atomic E-state index is 0.0618. The summed E-state index contributed by atoms with van der Waals surface area (Å²) in [5.74, 6) is 0.257. The van der Waals surface area contributed by atoms with Crippen molar-refractivity contribution in [3.8, 4) is 12.8 Å². The number of nitrogens with one attached hydrogen (secondary N) is 2. The molecule has 1 aromatic carbocycles. The van der Waals surface area contributed by atoms with Crippen molar-refractivity contribution >= 4 is 18.0 Å². The Labute approximate surface area is 133 Å². The van der Waals surface area contributed by atoms with E-state index in [1.54, 1.807) is 19.0 Å². The van der Waals surface area contributed by atoms with Gasteiger partial charge < -0.3 is 15.5 Å². The van der Waals surface area contributed by atoms with Gasteiger partial charge in [0.2, 0.25) is 12.3 Å². The summed E-state index contributed by atoms with van der Waals surface area (Å²) in [6, 6.07) is 7.44. The standard InChI is InChI=1S/C15H23N3O2.C2H2/c1-11(2)14(15(20)18(3)4)17-13-7-5-12(6-8-13)9-16-10-19;1-2/h5-8,10-11,14,17H,9H2,1-4H3,(H,16,19);1-2H. The van der Waals surface area contributed by atoms with Gasteiger partial charge in [-0.2, -0.15) is 0 Å². The van der Waals surface area contributed by atoms with Gasteiger partial charge in [-0.1, -0.05) is 26.0 Å². The van der Waals surface area contributed by atoms with Crippen LogP contribution in [-0.4, -0.2) is 37.4 Å². The molecule has 1 unspecified atom stereocenters. The Morgan fingerprint density at radius 3 is 2.18 bits per heavy atom. The van der Waals surface area contributed by atoms with E-state index in [1.165, 1.54) is 0 Å². The number of terminal acetylenes is 1. The maximum atomic E-state index is 12.1. The highest BCUT2D eigenvalue weighted by molar-refractivity contribution is 5.84. The van der Waals surface area contributed by atoms with Crippen LogP contribution in [0.25, 0.3) is 0 Å². The minimum atomic E-state index is -0.246. The van der Waals surface area contributed by atoms with Gasteiger partial charge in [0.1, 0.15) is 6.04 Å². The van der Waals surface area contributed by atoms with E-state index in [-0.39, 0.29) is 17.9 Å². The molecule has 0 saturated heterocycles. The SMILES string of the molecule is C#C.CC(C)C(Nc1ccc(CNC=O)cc1)C(=O)N(C)C. The van der Waals surface area contributed by atoms with Crippen LogP contribution in [-0.2, 0) is 16.1 Å². The number of likely N-dealkylation sites (N-methyl/N-ethyl adjacent to an activating group) is 1. The number of nitrogens with zero attached hydrogens (tertiary/aromatic N) is 1. The van der Waals surface area contributed by atoms with Gasteiger partial charge in [-0.3, -0.25) is 9.59 Å². The number of amides is 2. The van der Waals surface area contributed by atoms with Gasteiger partial charge in [0.25, 0.3) is 0 Å². The molecule has 0 bridgehead atoms. The van der Waals surface area contributed by atoms with E-state index in [4.69, 9.17) is 0 Å². The first-order chi connectivity index (χ1) is 10.5. The Bertz CT molecular complexity index is 478. The number of carbonyl (C=O) groups excluding carboxylic acids is 2. The first kappa shape index (κ1) is 19.5. The van der Waals surface area contributed by atoms with Crippen molar-refractivity contribution in [2.24, 2.45) is 5.92 Å². The second-order valence-corrected chi connectivity index (χ2v) is 5.29. The van der Waals surface area contributed by atoms with Gasteiger partial charge in [-0.05, 0) is 23.6 Å². The first-order valence-electron chi connectivity index (χ1n) is 7.02. The highest BCUT2D eigenvalue weighted by atomic mass is 16.2. The Balaban J connectivity index is 0.00000211. The summed E-state index contributed by atoms with van der Waals surface area (Å²) in [4.78, 5) is 23.9. The molecule has 0 spiro atoms. The largest absolute Gasteiger partial charge is 0.373 e. The zero-order valence-electron chi connectivity index (χ0n) is 13.7. The van der Waals surface area contributed by atoms with E-state index >= 15 is 0 Å². The summed E-state index contributed by atoms with van der Waals surface area (Å²) in [7, 11) is 3.52. The van der Waals surface area contributed by atoms with Crippen molar-refractivity contribution in [3.05, 3.63) is 29.8 Å². The summed E-state index contributed by atoms with van der Waals surface area (Å²) in [5, 5.41) is 5.88. The van der Waals surface area contributed by atoms with Crippen molar-refractivity contribution in [1.29, 1.82) is 0 Å². The quantitative estimate of drug-likeness (QED) is 0.595. The highest BCUT2D eigenvalue weighted by Gasteiger charge is 2.23.